The van der Waals surface area contributed by atoms with Crippen LogP contribution in [0.3, 0.4) is 0 Å². The number of hydrogen-bond acceptors (Lipinski definition) is 4. The van der Waals surface area contributed by atoms with Crippen LogP contribution in [0.25, 0.3) is 12.2 Å². The van der Waals surface area contributed by atoms with E-state index in [1.807, 2.05) is 0 Å². The Kier molecular flexibility index (Phi) is 26.3. The Morgan fingerprint density at radius 2 is 0.625 bits per heavy atom. The van der Waals surface area contributed by atoms with Gasteiger partial charge in [-0.25, -0.2) is 0 Å². The van der Waals surface area contributed by atoms with Gasteiger partial charge in [-0.2, -0.15) is 0 Å². The first-order valence-electron chi connectivity index (χ1n) is 22.4. The number of fused-ring (bicyclic) bond motifs is 2. The van der Waals surface area contributed by atoms with Gasteiger partial charge >= 0.3 is 37.7 Å². The fraction of sp³-hybridized carbons (Fsp3) is 0.619. The molecule has 14 heteroatoms. The van der Waals surface area contributed by atoms with Gasteiger partial charge in [0.15, 0.2) is 0 Å². The summed E-state index contributed by atoms with van der Waals surface area (Å²) in [4.78, 5) is 0. The third-order valence-corrected chi connectivity index (χ3v) is 41.7. The summed E-state index contributed by atoms with van der Waals surface area (Å²) in [5, 5.41) is 6.46. The second-order valence-electron chi connectivity index (χ2n) is 15.6. The van der Waals surface area contributed by atoms with Crippen molar-refractivity contribution in [2.24, 2.45) is 0 Å². The molecule has 4 nitrogen and oxygen atoms in total. The van der Waals surface area contributed by atoms with E-state index in [0.717, 1.165) is 12.8 Å². The van der Waals surface area contributed by atoms with Gasteiger partial charge in [-0.3, -0.25) is 0 Å². The number of allylic oxidation sites excluding steroid dienone is 2. The molecular weight excluding hydrogens is 807 g/mol. The Bertz CT molecular complexity index is 1400. The van der Waals surface area contributed by atoms with Crippen molar-refractivity contribution in [3.8, 4) is 0 Å². The second kappa shape index (κ2) is 26.9. The molecule has 308 valence electrons. The van der Waals surface area contributed by atoms with E-state index in [1.165, 1.54) is 94.8 Å². The van der Waals surface area contributed by atoms with Gasteiger partial charge in [-0.1, -0.05) is 132 Å². The zero-order valence-electron chi connectivity index (χ0n) is 37.0. The van der Waals surface area contributed by atoms with Crippen LogP contribution >= 0.6 is 0 Å². The van der Waals surface area contributed by atoms with E-state index in [4.69, 9.17) is 16.5 Å². The normalized spacial score (nSPS) is 14.4. The van der Waals surface area contributed by atoms with Crippen LogP contribution in [-0.4, -0.2) is 110 Å². The Morgan fingerprint density at radius 3 is 0.839 bits per heavy atom. The summed E-state index contributed by atoms with van der Waals surface area (Å²) >= 11 is 0. The second-order valence-corrected chi connectivity index (χ2v) is 41.6. The van der Waals surface area contributed by atoms with Crippen molar-refractivity contribution in [2.45, 2.75) is 168 Å². The van der Waals surface area contributed by atoms with Gasteiger partial charge < -0.3 is 16.5 Å². The summed E-state index contributed by atoms with van der Waals surface area (Å²) in [6.45, 7) is 28.1. The predicted octanol–water partition coefficient (Wildman–Crippen LogP) is 6.14. The summed E-state index contributed by atoms with van der Waals surface area (Å²) in [6, 6.07) is 24.7. The molecule has 56 heavy (non-hydrogen) atoms. The van der Waals surface area contributed by atoms with E-state index >= 15 is 0 Å². The molecule has 0 spiro atoms. The fourth-order valence-corrected chi connectivity index (χ4v) is 39.2. The summed E-state index contributed by atoms with van der Waals surface area (Å²) in [7, 11) is -9.32. The Labute approximate surface area is 383 Å². The van der Waals surface area contributed by atoms with Crippen LogP contribution in [0, 0.1) is 0 Å². The van der Waals surface area contributed by atoms with E-state index in [9.17, 15) is 0 Å². The Balaban J connectivity index is 0.000000541. The third-order valence-electron chi connectivity index (χ3n) is 12.7. The first-order valence-corrected chi connectivity index (χ1v) is 38.0. The number of rotatable bonds is 24. The predicted molar refractivity (Wildman–Crippen MR) is 278 cm³/mol. The molecule has 0 unspecified atom stereocenters. The summed E-state index contributed by atoms with van der Waals surface area (Å²) in [5.41, 5.74) is 5.91. The van der Waals surface area contributed by atoms with Crippen LogP contribution in [0.2, 0.25) is 72.5 Å². The SMILES string of the molecule is CC[SiH2]O[Si](CC)(CC)c1cc2c(cc1[Si](CC)(CC)O[SiH2]CC)CC=C2.CC[SiH2]O[Si](CC)(CC)c1cc2c(cc1[Si](CC)(CC)O[SiH2]CC)CC=C2.[LiH].[LiH]. The Hall–Kier alpha value is 0.690. The quantitative estimate of drug-likeness (QED) is 0.119. The summed E-state index contributed by atoms with van der Waals surface area (Å²) in [6.07, 6.45) is 11.5. The zero-order chi connectivity index (χ0) is 39.8. The maximum atomic E-state index is 6.89. The van der Waals surface area contributed by atoms with Crippen LogP contribution in [-0.2, 0) is 29.3 Å². The molecule has 2 aromatic rings. The molecule has 0 saturated carbocycles. The molecule has 0 bridgehead atoms. The third kappa shape index (κ3) is 12.4. The van der Waals surface area contributed by atoms with Crippen molar-refractivity contribution in [1.29, 1.82) is 0 Å². The van der Waals surface area contributed by atoms with Crippen molar-refractivity contribution in [2.75, 3.05) is 0 Å². The van der Waals surface area contributed by atoms with E-state index in [-0.39, 0.29) is 37.7 Å². The molecule has 0 saturated heterocycles. The summed E-state index contributed by atoms with van der Waals surface area (Å²) < 4.78 is 27.5. The van der Waals surface area contributed by atoms with Crippen LogP contribution in [0.15, 0.2) is 36.4 Å². The van der Waals surface area contributed by atoms with Crippen LogP contribution in [0.5, 0.6) is 0 Å². The van der Waals surface area contributed by atoms with Crippen molar-refractivity contribution in [3.05, 3.63) is 58.7 Å². The van der Waals surface area contributed by atoms with Crippen molar-refractivity contribution >= 4 is 143 Å². The number of benzene rings is 2. The molecule has 0 aliphatic heterocycles. The molecule has 2 aliphatic carbocycles. The molecule has 2 aliphatic rings. The minimum absolute atomic E-state index is 0. The minimum atomic E-state index is -1.91. The monoisotopic (exact) mass is 888 g/mol. The van der Waals surface area contributed by atoms with Crippen LogP contribution < -0.4 is 20.7 Å². The fourth-order valence-electron chi connectivity index (χ4n) is 8.96. The number of hydrogen-bond donors (Lipinski definition) is 0. The van der Waals surface area contributed by atoms with E-state index in [0.29, 0.717) is 0 Å². The standard InChI is InChI=1S/2C21H40O2Si4.2Li.2H/c2*1-7-24-22-26(9-3,10-4)20-16-18-14-13-15-19(18)17-21(20)27(11-5,12-6)23-25-8-2;;;;/h2*13-14,16-17H,7-12,15,24-25H2,1-6H3;;;;. The zero-order valence-corrected chi connectivity index (χ0v) is 46.6. The maximum absolute atomic E-state index is 6.89. The molecule has 4 rings (SSSR count). The molecule has 2 aromatic carbocycles. The molecule has 0 heterocycles. The molecular formula is C42H82Li2O4Si8. The van der Waals surface area contributed by atoms with Crippen molar-refractivity contribution in [1.82, 2.24) is 0 Å². The van der Waals surface area contributed by atoms with Crippen molar-refractivity contribution in [3.63, 3.8) is 0 Å². The molecule has 0 atom stereocenters. The van der Waals surface area contributed by atoms with Crippen LogP contribution in [0.4, 0.5) is 0 Å². The molecule has 0 N–H and O–H groups in total. The molecule has 0 radical (unpaired) electrons. The van der Waals surface area contributed by atoms with Gasteiger partial charge in [-0.15, -0.1) is 0 Å². The summed E-state index contributed by atoms with van der Waals surface area (Å²) in [5.74, 6) is 0. The van der Waals surface area contributed by atoms with Gasteiger partial charge in [0.2, 0.25) is 33.3 Å². The van der Waals surface area contributed by atoms with Crippen LogP contribution in [0.1, 0.15) is 105 Å². The molecule has 0 aromatic heterocycles. The van der Waals surface area contributed by atoms with Gasteiger partial charge in [0.05, 0.1) is 0 Å². The Morgan fingerprint density at radius 1 is 0.393 bits per heavy atom. The molecule has 0 fully saturated rings. The topological polar surface area (TPSA) is 36.9 Å². The van der Waals surface area contributed by atoms with Gasteiger partial charge in [0, 0.05) is 0 Å². The van der Waals surface area contributed by atoms with E-state index in [2.05, 4.69) is 132 Å². The average Bonchev–Trinajstić information content (AvgIpc) is 3.89. The van der Waals surface area contributed by atoms with Crippen molar-refractivity contribution < 1.29 is 16.5 Å². The van der Waals surface area contributed by atoms with Gasteiger partial charge in [-0.05, 0) is 128 Å². The van der Waals surface area contributed by atoms with E-state index in [1.54, 1.807) is 20.7 Å². The van der Waals surface area contributed by atoms with E-state index < -0.39 is 72.3 Å². The molecule has 0 amide bonds. The first kappa shape index (κ1) is 54.7. The average molecular weight is 890 g/mol. The van der Waals surface area contributed by atoms with Gasteiger partial charge in [0.25, 0.3) is 0 Å². The van der Waals surface area contributed by atoms with Gasteiger partial charge in [0.1, 0.15) is 39.1 Å². The first-order chi connectivity index (χ1) is 26.1.